The zero-order chi connectivity index (χ0) is 17.1. The van der Waals surface area contributed by atoms with Gasteiger partial charge in [0.05, 0.1) is 0 Å². The Morgan fingerprint density at radius 2 is 1.68 bits per heavy atom. The third kappa shape index (κ3) is 5.63. The minimum absolute atomic E-state index is 0.0988. The molecule has 0 spiro atoms. The minimum atomic E-state index is -1.03. The number of hydrogen-bond donors (Lipinski definition) is 2. The first-order valence-electron chi connectivity index (χ1n) is 6.85. The molecule has 0 saturated heterocycles. The van der Waals surface area contributed by atoms with E-state index in [1.165, 1.54) is 0 Å². The van der Waals surface area contributed by atoms with Crippen LogP contribution in [0.2, 0.25) is 0 Å². The molecule has 0 aliphatic carbocycles. The molecule has 0 unspecified atom stereocenters. The Labute approximate surface area is 134 Å². The lowest BCUT2D eigenvalue weighted by atomic mass is 9.82. The van der Waals surface area contributed by atoms with E-state index in [1.54, 1.807) is 0 Å². The highest BCUT2D eigenvalue weighted by Crippen LogP contribution is 2.28. The first-order chi connectivity index (χ1) is 9.93. The van der Waals surface area contributed by atoms with Gasteiger partial charge in [-0.2, -0.15) is 0 Å². The lowest BCUT2D eigenvalue weighted by molar-refractivity contribution is 0.268. The highest BCUT2D eigenvalue weighted by atomic mass is 32.1. The number of nitrogens with one attached hydrogen (secondary N) is 2. The standard InChI is InChI=1S/C15H21F2N3OS/c1-14(2,3)8-15(4,5)19-13(22)18-9-6-10(16)12(20-21)11(17)7-9/h6-7H,8H2,1-5H3,(H2,18,19,22). The molecule has 0 atom stereocenters. The molecule has 1 aromatic carbocycles. The van der Waals surface area contributed by atoms with Crippen LogP contribution in [0.5, 0.6) is 0 Å². The molecule has 2 N–H and O–H groups in total. The molecule has 22 heavy (non-hydrogen) atoms. The lowest BCUT2D eigenvalue weighted by Gasteiger charge is -2.34. The second-order valence-corrected chi connectivity index (χ2v) is 7.49. The van der Waals surface area contributed by atoms with Crippen LogP contribution >= 0.6 is 12.2 Å². The van der Waals surface area contributed by atoms with Crippen molar-refractivity contribution in [2.45, 2.75) is 46.6 Å². The van der Waals surface area contributed by atoms with Gasteiger partial charge in [0.1, 0.15) is 0 Å². The normalized spacial score (nSPS) is 12.0. The summed E-state index contributed by atoms with van der Waals surface area (Å²) in [5.74, 6) is -2.07. The molecular weight excluding hydrogens is 308 g/mol. The van der Waals surface area contributed by atoms with E-state index < -0.39 is 17.3 Å². The van der Waals surface area contributed by atoms with Gasteiger partial charge < -0.3 is 10.6 Å². The van der Waals surface area contributed by atoms with Gasteiger partial charge >= 0.3 is 0 Å². The maximum absolute atomic E-state index is 13.5. The number of anilines is 1. The van der Waals surface area contributed by atoms with E-state index in [0.717, 1.165) is 18.6 Å². The van der Waals surface area contributed by atoms with Gasteiger partial charge in [0.25, 0.3) is 0 Å². The molecule has 122 valence electrons. The smallest absolute Gasteiger partial charge is 0.179 e. The van der Waals surface area contributed by atoms with E-state index in [2.05, 4.69) is 36.6 Å². The Bertz CT molecular complexity index is 560. The maximum atomic E-state index is 13.5. The molecule has 0 aliphatic rings. The average Bonchev–Trinajstić information content (AvgIpc) is 2.23. The SMILES string of the molecule is CC(C)(C)CC(C)(C)NC(=S)Nc1cc(F)c(N=O)c(F)c1. The molecule has 0 radical (unpaired) electrons. The van der Waals surface area contributed by atoms with Crippen molar-refractivity contribution in [3.05, 3.63) is 28.7 Å². The zero-order valence-corrected chi connectivity index (χ0v) is 14.2. The molecule has 0 aromatic heterocycles. The van der Waals surface area contributed by atoms with Gasteiger partial charge in [-0.25, -0.2) is 8.78 Å². The Morgan fingerprint density at radius 3 is 2.09 bits per heavy atom. The van der Waals surface area contributed by atoms with Gasteiger partial charge in [-0.1, -0.05) is 20.8 Å². The van der Waals surface area contributed by atoms with Crippen molar-refractivity contribution in [3.63, 3.8) is 0 Å². The van der Waals surface area contributed by atoms with Crippen molar-refractivity contribution < 1.29 is 8.78 Å². The Kier molecular flexibility index (Phi) is 5.56. The van der Waals surface area contributed by atoms with Crippen LogP contribution in [-0.2, 0) is 0 Å². The molecule has 0 heterocycles. The van der Waals surface area contributed by atoms with Gasteiger partial charge in [-0.15, -0.1) is 4.91 Å². The van der Waals surface area contributed by atoms with Crippen LogP contribution in [0.1, 0.15) is 41.0 Å². The van der Waals surface area contributed by atoms with Crippen LogP contribution in [0.3, 0.4) is 0 Å². The van der Waals surface area contributed by atoms with Crippen LogP contribution in [0.4, 0.5) is 20.2 Å². The molecule has 4 nitrogen and oxygen atoms in total. The van der Waals surface area contributed by atoms with Crippen LogP contribution in [0.15, 0.2) is 17.3 Å². The fourth-order valence-corrected chi connectivity index (χ4v) is 2.96. The highest BCUT2D eigenvalue weighted by Gasteiger charge is 2.26. The van der Waals surface area contributed by atoms with Gasteiger partial charge in [0.2, 0.25) is 0 Å². The van der Waals surface area contributed by atoms with Crippen molar-refractivity contribution in [1.82, 2.24) is 5.32 Å². The van der Waals surface area contributed by atoms with Crippen molar-refractivity contribution in [2.24, 2.45) is 10.6 Å². The van der Waals surface area contributed by atoms with E-state index in [0.29, 0.717) is 0 Å². The van der Waals surface area contributed by atoms with Gasteiger partial charge in [-0.05, 0) is 55.2 Å². The van der Waals surface area contributed by atoms with Crippen molar-refractivity contribution in [1.29, 1.82) is 0 Å². The molecule has 7 heteroatoms. The Morgan fingerprint density at radius 1 is 1.18 bits per heavy atom. The number of thiocarbonyl (C=S) groups is 1. The number of nitroso groups, excluding NO2 is 1. The highest BCUT2D eigenvalue weighted by molar-refractivity contribution is 7.80. The van der Waals surface area contributed by atoms with Gasteiger partial charge in [0, 0.05) is 11.2 Å². The van der Waals surface area contributed by atoms with E-state index >= 15 is 0 Å². The van der Waals surface area contributed by atoms with E-state index in [-0.39, 0.29) is 21.8 Å². The molecule has 1 rings (SSSR count). The number of hydrogen-bond acceptors (Lipinski definition) is 3. The van der Waals surface area contributed by atoms with Crippen molar-refractivity contribution in [3.8, 4) is 0 Å². The van der Waals surface area contributed by atoms with Crippen LogP contribution in [0.25, 0.3) is 0 Å². The lowest BCUT2D eigenvalue weighted by Crippen LogP contribution is -2.47. The second kappa shape index (κ2) is 6.64. The summed E-state index contributed by atoms with van der Waals surface area (Å²) in [6.07, 6.45) is 0.846. The van der Waals surface area contributed by atoms with Crippen molar-refractivity contribution in [2.75, 3.05) is 5.32 Å². The predicted octanol–water partition coefficient (Wildman–Crippen LogP) is 4.86. The molecular formula is C15H21F2N3OS. The van der Waals surface area contributed by atoms with Crippen LogP contribution in [0, 0.1) is 22.0 Å². The first-order valence-corrected chi connectivity index (χ1v) is 7.26. The number of benzene rings is 1. The van der Waals surface area contributed by atoms with Crippen LogP contribution < -0.4 is 10.6 Å². The molecule has 1 aromatic rings. The third-order valence-corrected chi connectivity index (χ3v) is 2.99. The summed E-state index contributed by atoms with van der Waals surface area (Å²) in [7, 11) is 0. The quantitative estimate of drug-likeness (QED) is 0.611. The largest absolute Gasteiger partial charge is 0.358 e. The first kappa shape index (κ1) is 18.4. The number of halogens is 2. The number of nitrogens with zero attached hydrogens (tertiary/aromatic N) is 1. The molecule has 0 bridgehead atoms. The predicted molar refractivity (Wildman–Crippen MR) is 89.3 cm³/mol. The fourth-order valence-electron chi connectivity index (χ4n) is 2.56. The van der Waals surface area contributed by atoms with E-state index in [9.17, 15) is 13.7 Å². The summed E-state index contributed by atoms with van der Waals surface area (Å²) in [6.45, 7) is 10.3. The van der Waals surface area contributed by atoms with Gasteiger partial charge in [0.15, 0.2) is 22.4 Å². The summed E-state index contributed by atoms with van der Waals surface area (Å²) < 4.78 is 27.0. The summed E-state index contributed by atoms with van der Waals surface area (Å²) >= 11 is 5.17. The van der Waals surface area contributed by atoms with Crippen molar-refractivity contribution >= 4 is 28.7 Å². The minimum Gasteiger partial charge on any atom is -0.358 e. The Balaban J connectivity index is 2.80. The third-order valence-electron chi connectivity index (χ3n) is 2.79. The Hall–Kier alpha value is -1.63. The zero-order valence-electron chi connectivity index (χ0n) is 13.4. The second-order valence-electron chi connectivity index (χ2n) is 7.08. The molecule has 0 aliphatic heterocycles. The van der Waals surface area contributed by atoms with Gasteiger partial charge in [-0.3, -0.25) is 0 Å². The summed E-state index contributed by atoms with van der Waals surface area (Å²) in [6, 6.07) is 1.95. The van der Waals surface area contributed by atoms with E-state index in [1.807, 2.05) is 13.8 Å². The topological polar surface area (TPSA) is 53.5 Å². The summed E-state index contributed by atoms with van der Waals surface area (Å²) in [5, 5.41) is 8.40. The molecule has 0 fully saturated rings. The summed E-state index contributed by atoms with van der Waals surface area (Å²) in [4.78, 5) is 10.3. The molecule has 0 saturated carbocycles. The fraction of sp³-hybridized carbons (Fsp3) is 0.533. The monoisotopic (exact) mass is 329 g/mol. The van der Waals surface area contributed by atoms with Crippen LogP contribution in [-0.4, -0.2) is 10.7 Å². The number of rotatable bonds is 4. The average molecular weight is 329 g/mol. The summed E-state index contributed by atoms with van der Waals surface area (Å²) in [5.41, 5.74) is -0.908. The van der Waals surface area contributed by atoms with E-state index in [4.69, 9.17) is 12.2 Å². The molecule has 0 amide bonds. The maximum Gasteiger partial charge on any atom is 0.179 e.